The van der Waals surface area contributed by atoms with E-state index >= 15 is 0 Å². The van der Waals surface area contributed by atoms with E-state index in [-0.39, 0.29) is 5.30 Å². The molecular formula is C17H18O3S. The van der Waals surface area contributed by atoms with Crippen molar-refractivity contribution in [3.63, 3.8) is 0 Å². The van der Waals surface area contributed by atoms with Crippen molar-refractivity contribution < 1.29 is 14.3 Å². The first-order valence-electron chi connectivity index (χ1n) is 6.64. The topological polar surface area (TPSA) is 35.5 Å². The largest absolute Gasteiger partial charge is 0.489 e. The van der Waals surface area contributed by atoms with Crippen LogP contribution in [0.25, 0.3) is 0 Å². The van der Waals surface area contributed by atoms with E-state index in [2.05, 4.69) is 17.7 Å². The molecule has 0 N–H and O–H groups in total. The molecule has 0 spiro atoms. The van der Waals surface area contributed by atoms with E-state index in [1.807, 2.05) is 43.3 Å². The van der Waals surface area contributed by atoms with Gasteiger partial charge in [-0.25, -0.2) is 4.79 Å². The van der Waals surface area contributed by atoms with Gasteiger partial charge in [0.1, 0.15) is 12.4 Å². The van der Waals surface area contributed by atoms with Gasteiger partial charge in [-0.05, 0) is 43.3 Å². The summed E-state index contributed by atoms with van der Waals surface area (Å²) in [6.45, 7) is 4.50. The molecule has 0 bridgehead atoms. The average molecular weight is 302 g/mol. The van der Waals surface area contributed by atoms with Crippen LogP contribution >= 0.6 is 11.8 Å². The second kappa shape index (κ2) is 7.18. The van der Waals surface area contributed by atoms with Gasteiger partial charge in [0.05, 0.1) is 7.11 Å². The summed E-state index contributed by atoms with van der Waals surface area (Å²) in [4.78, 5) is 12.3. The zero-order valence-electron chi connectivity index (χ0n) is 12.4. The lowest BCUT2D eigenvalue weighted by Gasteiger charge is -2.12. The number of thioether (sulfide) groups is 1. The zero-order chi connectivity index (χ0) is 15.2. The van der Waals surface area contributed by atoms with Crippen molar-refractivity contribution in [2.75, 3.05) is 7.11 Å². The Morgan fingerprint density at radius 2 is 1.90 bits per heavy atom. The third-order valence-electron chi connectivity index (χ3n) is 3.05. The number of carbonyl (C=O) groups excluding carboxylic acids is 1. The summed E-state index contributed by atoms with van der Waals surface area (Å²) in [5, 5.41) is -0.325. The fourth-order valence-electron chi connectivity index (χ4n) is 1.97. The van der Waals surface area contributed by atoms with Crippen molar-refractivity contribution in [3.8, 4) is 5.75 Å². The minimum Gasteiger partial charge on any atom is -0.489 e. The standard InChI is InChI=1S/C17H18O3S/c1-12-8-9-15(13(2)10-12)20-11-14-6-4-5-7-16(14)21-17(18)19-3/h4-10H,11H2,1-3H3. The van der Waals surface area contributed by atoms with E-state index in [4.69, 9.17) is 4.74 Å². The number of aryl methyl sites for hydroxylation is 2. The van der Waals surface area contributed by atoms with Crippen LogP contribution < -0.4 is 4.74 Å². The van der Waals surface area contributed by atoms with Crippen LogP contribution in [-0.4, -0.2) is 12.4 Å². The van der Waals surface area contributed by atoms with Gasteiger partial charge in [0, 0.05) is 10.5 Å². The molecule has 110 valence electrons. The van der Waals surface area contributed by atoms with Crippen LogP contribution in [0.4, 0.5) is 4.79 Å². The van der Waals surface area contributed by atoms with Gasteiger partial charge in [0.15, 0.2) is 0 Å². The summed E-state index contributed by atoms with van der Waals surface area (Å²) in [6.07, 6.45) is 0. The Morgan fingerprint density at radius 3 is 2.62 bits per heavy atom. The van der Waals surface area contributed by atoms with Crippen molar-refractivity contribution >= 4 is 17.1 Å². The number of rotatable bonds is 4. The molecular weight excluding hydrogens is 284 g/mol. The number of benzene rings is 2. The Kier molecular flexibility index (Phi) is 5.28. The molecule has 4 heteroatoms. The van der Waals surface area contributed by atoms with Gasteiger partial charge < -0.3 is 9.47 Å². The monoisotopic (exact) mass is 302 g/mol. The molecule has 0 aromatic heterocycles. The van der Waals surface area contributed by atoms with Gasteiger partial charge in [0.2, 0.25) is 0 Å². The van der Waals surface area contributed by atoms with Gasteiger partial charge in [-0.15, -0.1) is 0 Å². The van der Waals surface area contributed by atoms with E-state index in [1.165, 1.54) is 12.7 Å². The van der Waals surface area contributed by atoms with Crippen LogP contribution in [0.2, 0.25) is 0 Å². The molecule has 2 aromatic rings. The van der Waals surface area contributed by atoms with E-state index in [0.717, 1.165) is 33.5 Å². The molecule has 21 heavy (non-hydrogen) atoms. The average Bonchev–Trinajstić information content (AvgIpc) is 2.47. The van der Waals surface area contributed by atoms with Crippen LogP contribution in [-0.2, 0) is 11.3 Å². The fourth-order valence-corrected chi connectivity index (χ4v) is 2.64. The van der Waals surface area contributed by atoms with Crippen LogP contribution in [0.1, 0.15) is 16.7 Å². The molecule has 2 rings (SSSR count). The number of hydrogen-bond acceptors (Lipinski definition) is 4. The van der Waals surface area contributed by atoms with Crippen molar-refractivity contribution in [3.05, 3.63) is 59.2 Å². The van der Waals surface area contributed by atoms with Crippen molar-refractivity contribution in [2.24, 2.45) is 0 Å². The number of ether oxygens (including phenoxy) is 2. The summed E-state index contributed by atoms with van der Waals surface area (Å²) in [7, 11) is 1.38. The molecule has 3 nitrogen and oxygen atoms in total. The maximum atomic E-state index is 11.4. The van der Waals surface area contributed by atoms with Crippen molar-refractivity contribution in [1.82, 2.24) is 0 Å². The minimum atomic E-state index is -0.325. The lowest BCUT2D eigenvalue weighted by Crippen LogP contribution is -2.00. The molecule has 0 atom stereocenters. The Morgan fingerprint density at radius 1 is 1.14 bits per heavy atom. The first kappa shape index (κ1) is 15.4. The SMILES string of the molecule is COC(=O)Sc1ccccc1COc1ccc(C)cc1C. The third-order valence-corrected chi connectivity index (χ3v) is 4.00. The van der Waals surface area contributed by atoms with Crippen LogP contribution in [0.5, 0.6) is 5.75 Å². The summed E-state index contributed by atoms with van der Waals surface area (Å²) in [5.74, 6) is 0.860. The normalized spacial score (nSPS) is 10.2. The zero-order valence-corrected chi connectivity index (χ0v) is 13.2. The first-order chi connectivity index (χ1) is 10.1. The summed E-state index contributed by atoms with van der Waals surface area (Å²) < 4.78 is 10.6. The predicted octanol–water partition coefficient (Wildman–Crippen LogP) is 4.74. The molecule has 0 saturated carbocycles. The highest BCUT2D eigenvalue weighted by Gasteiger charge is 2.09. The summed E-state index contributed by atoms with van der Waals surface area (Å²) in [5.41, 5.74) is 3.28. The molecule has 0 aliphatic rings. The van der Waals surface area contributed by atoms with Crippen LogP contribution in [0, 0.1) is 13.8 Å². The van der Waals surface area contributed by atoms with Gasteiger partial charge in [-0.2, -0.15) is 0 Å². The highest BCUT2D eigenvalue weighted by Crippen LogP contribution is 2.26. The van der Waals surface area contributed by atoms with Crippen molar-refractivity contribution in [1.29, 1.82) is 0 Å². The van der Waals surface area contributed by atoms with E-state index < -0.39 is 0 Å². The molecule has 0 unspecified atom stereocenters. The minimum absolute atomic E-state index is 0.325. The van der Waals surface area contributed by atoms with Gasteiger partial charge in [-0.3, -0.25) is 0 Å². The quantitative estimate of drug-likeness (QED) is 0.603. The molecule has 0 aliphatic heterocycles. The van der Waals surface area contributed by atoms with Crippen LogP contribution in [0.15, 0.2) is 47.4 Å². The predicted molar refractivity (Wildman–Crippen MR) is 85.0 cm³/mol. The Balaban J connectivity index is 2.11. The van der Waals surface area contributed by atoms with E-state index in [9.17, 15) is 4.79 Å². The Labute approximate surface area is 129 Å². The fraction of sp³-hybridized carbons (Fsp3) is 0.235. The van der Waals surface area contributed by atoms with Gasteiger partial charge in [-0.1, -0.05) is 35.9 Å². The highest BCUT2D eigenvalue weighted by molar-refractivity contribution is 8.13. The molecule has 0 aliphatic carbocycles. The molecule has 0 radical (unpaired) electrons. The number of carbonyl (C=O) groups is 1. The lowest BCUT2D eigenvalue weighted by molar-refractivity contribution is 0.200. The number of methoxy groups -OCH3 is 1. The molecule has 2 aromatic carbocycles. The van der Waals surface area contributed by atoms with Crippen LogP contribution in [0.3, 0.4) is 0 Å². The second-order valence-corrected chi connectivity index (χ2v) is 5.70. The molecule has 0 heterocycles. The van der Waals surface area contributed by atoms with E-state index in [1.54, 1.807) is 0 Å². The summed E-state index contributed by atoms with van der Waals surface area (Å²) in [6, 6.07) is 13.8. The maximum Gasteiger partial charge on any atom is 0.371 e. The smallest absolute Gasteiger partial charge is 0.371 e. The second-order valence-electron chi connectivity index (χ2n) is 4.72. The number of hydrogen-bond donors (Lipinski definition) is 0. The van der Waals surface area contributed by atoms with Gasteiger partial charge >= 0.3 is 5.30 Å². The molecule has 0 saturated heterocycles. The first-order valence-corrected chi connectivity index (χ1v) is 7.45. The van der Waals surface area contributed by atoms with Gasteiger partial charge in [0.25, 0.3) is 0 Å². The van der Waals surface area contributed by atoms with Crippen molar-refractivity contribution in [2.45, 2.75) is 25.3 Å². The third kappa shape index (κ3) is 4.26. The maximum absolute atomic E-state index is 11.4. The Hall–Kier alpha value is -1.94. The van der Waals surface area contributed by atoms with E-state index in [0.29, 0.717) is 6.61 Å². The summed E-state index contributed by atoms with van der Waals surface area (Å²) >= 11 is 1.07. The molecule has 0 fully saturated rings. The lowest BCUT2D eigenvalue weighted by atomic mass is 10.1. The highest BCUT2D eigenvalue weighted by atomic mass is 32.2. The molecule has 0 amide bonds. The Bertz CT molecular complexity index is 638.